The standard InChI is InChI=1S/C27H24NO9P.15H2/c1-4-5-6-7-8-9-10-11-12-13-14-15-16-17-18-19-26(30)34-23-25(37-27(31)22-29)24-36-38(32,33)35-21-20-28(2)3;;;;;;;;;;;;;;;/h25,27,29,31H,20-24H2,1-3H3,(H,32,33);15*1H. The van der Waals surface area contributed by atoms with Crippen molar-refractivity contribution in [3.05, 3.63) is 0 Å². The normalized spacial score (nSPS) is 11.6. The number of rotatable bonds is 12. The maximum absolute atomic E-state index is 11.9. The molecule has 38 heavy (non-hydrogen) atoms. The molecule has 11 heteroatoms. The molecule has 0 radical (unpaired) electrons. The number of ether oxygens (including phenoxy) is 2. The van der Waals surface area contributed by atoms with Gasteiger partial charge in [0.05, 0.1) is 19.8 Å². The third-order valence-electron chi connectivity index (χ3n) is 3.22. The summed E-state index contributed by atoms with van der Waals surface area (Å²) in [4.78, 5) is 23.2. The molecule has 0 aliphatic carbocycles. The van der Waals surface area contributed by atoms with Crippen LogP contribution < -0.4 is 0 Å². The molecule has 0 aliphatic heterocycles. The second-order valence-corrected chi connectivity index (χ2v) is 7.97. The molecule has 0 saturated carbocycles. The van der Waals surface area contributed by atoms with Gasteiger partial charge in [-0.2, -0.15) is 0 Å². The second kappa shape index (κ2) is 22.1. The van der Waals surface area contributed by atoms with Crippen molar-refractivity contribution in [1.29, 1.82) is 0 Å². The average molecular weight is 568 g/mol. The van der Waals surface area contributed by atoms with E-state index >= 15 is 0 Å². The maximum atomic E-state index is 11.9. The Morgan fingerprint density at radius 2 is 1.37 bits per heavy atom. The van der Waals surface area contributed by atoms with E-state index < -0.39 is 46.0 Å². The van der Waals surface area contributed by atoms with E-state index in [1.54, 1.807) is 25.9 Å². The van der Waals surface area contributed by atoms with Gasteiger partial charge >= 0.3 is 13.8 Å². The number of hydrogen-bond acceptors (Lipinski definition) is 9. The third-order valence-corrected chi connectivity index (χ3v) is 4.21. The highest BCUT2D eigenvalue weighted by Crippen LogP contribution is 2.43. The first-order valence-electron chi connectivity index (χ1n) is 10.5. The van der Waals surface area contributed by atoms with Crippen LogP contribution >= 0.6 is 7.82 Å². The topological polar surface area (TPSA) is 135 Å². The summed E-state index contributed by atoms with van der Waals surface area (Å²) in [6.07, 6.45) is -2.86. The van der Waals surface area contributed by atoms with Crippen molar-refractivity contribution in [2.24, 2.45) is 0 Å². The molecular weight excluding hydrogens is 513 g/mol. The van der Waals surface area contributed by atoms with Crippen LogP contribution in [0.5, 0.6) is 0 Å². The van der Waals surface area contributed by atoms with Gasteiger partial charge in [0, 0.05) is 33.9 Å². The number of aliphatic hydroxyl groups is 2. The number of hydrogen-bond donors (Lipinski definition) is 3. The van der Waals surface area contributed by atoms with Gasteiger partial charge in [0.15, 0.2) is 6.29 Å². The van der Waals surface area contributed by atoms with Crippen LogP contribution in [0.15, 0.2) is 0 Å². The smallest absolute Gasteiger partial charge is 0.453 e. The molecular formula is C27H54NO9P. The van der Waals surface area contributed by atoms with Gasteiger partial charge in [-0.25, -0.2) is 9.36 Å². The number of aliphatic hydroxyl groups excluding tert-OH is 2. The summed E-state index contributed by atoms with van der Waals surface area (Å²) in [5.74, 6) is 37.5. The fourth-order valence-corrected chi connectivity index (χ4v) is 2.41. The number of carbonyl (C=O) groups is 1. The molecule has 0 aromatic rings. The molecule has 0 spiro atoms. The van der Waals surface area contributed by atoms with Crippen molar-refractivity contribution in [3.63, 3.8) is 0 Å². The Bertz CT molecular complexity index is 1390. The molecule has 3 unspecified atom stereocenters. The Morgan fingerprint density at radius 1 is 0.868 bits per heavy atom. The minimum atomic E-state index is -4.43. The summed E-state index contributed by atoms with van der Waals surface area (Å²) in [7, 11) is -0.936. The fraction of sp³-hybridized carbons (Fsp3) is 0.370. The lowest BCUT2D eigenvalue weighted by atomic mass is 10.4. The van der Waals surface area contributed by atoms with Gasteiger partial charge in [-0.15, -0.1) is 0 Å². The Kier molecular flexibility index (Phi) is 19.7. The van der Waals surface area contributed by atoms with Gasteiger partial charge in [-0.05, 0) is 104 Å². The van der Waals surface area contributed by atoms with E-state index in [1.807, 2.05) is 0 Å². The maximum Gasteiger partial charge on any atom is 0.472 e. The van der Waals surface area contributed by atoms with Crippen LogP contribution in [0.2, 0.25) is 0 Å². The lowest BCUT2D eigenvalue weighted by molar-refractivity contribution is -0.180. The Balaban J connectivity index is -0.0000000652. The second-order valence-electron chi connectivity index (χ2n) is 6.52. The van der Waals surface area contributed by atoms with Gasteiger partial charge in [-0.3, -0.25) is 9.05 Å². The molecule has 226 valence electrons. The number of nitrogens with zero attached hydrogens (tertiary/aromatic N) is 1. The molecule has 0 aromatic carbocycles. The number of esters is 1. The van der Waals surface area contributed by atoms with Crippen molar-refractivity contribution in [1.82, 2.24) is 4.90 Å². The highest BCUT2D eigenvalue weighted by molar-refractivity contribution is 7.47. The van der Waals surface area contributed by atoms with Gasteiger partial charge in [0.1, 0.15) is 12.7 Å². The molecule has 0 fully saturated rings. The molecule has 0 amide bonds. The molecule has 0 saturated heterocycles. The van der Waals surface area contributed by atoms with Crippen LogP contribution in [0.4, 0.5) is 0 Å². The number of phosphoric acid groups is 1. The predicted molar refractivity (Wildman–Crippen MR) is 169 cm³/mol. The zero-order valence-electron chi connectivity index (χ0n) is 20.9. The van der Waals surface area contributed by atoms with Crippen molar-refractivity contribution < 1.29 is 64.4 Å². The van der Waals surface area contributed by atoms with Crippen molar-refractivity contribution in [3.8, 4) is 94.7 Å². The lowest BCUT2D eigenvalue weighted by Crippen LogP contribution is -2.32. The van der Waals surface area contributed by atoms with Gasteiger partial charge < -0.3 is 29.5 Å². The van der Waals surface area contributed by atoms with Gasteiger partial charge in [0.25, 0.3) is 0 Å². The monoisotopic (exact) mass is 567 g/mol. The zero-order chi connectivity index (χ0) is 28.5. The first-order chi connectivity index (χ1) is 18.2. The first kappa shape index (κ1) is 33.9. The predicted octanol–water partition coefficient (Wildman–Crippen LogP) is 2.66. The zero-order valence-corrected chi connectivity index (χ0v) is 21.8. The van der Waals surface area contributed by atoms with E-state index in [1.165, 1.54) is 0 Å². The molecule has 0 rings (SSSR count). The van der Waals surface area contributed by atoms with E-state index in [0.29, 0.717) is 6.54 Å². The van der Waals surface area contributed by atoms with Crippen molar-refractivity contribution in [2.45, 2.75) is 19.3 Å². The molecule has 3 N–H and O–H groups in total. The Morgan fingerprint density at radius 3 is 1.84 bits per heavy atom. The average Bonchev–Trinajstić information content (AvgIpc) is 2.87. The van der Waals surface area contributed by atoms with E-state index in [0.717, 1.165) is 0 Å². The molecule has 10 nitrogen and oxygen atoms in total. The van der Waals surface area contributed by atoms with Crippen LogP contribution in [0.3, 0.4) is 0 Å². The minimum Gasteiger partial charge on any atom is -0.453 e. The SMILES string of the molecule is CC#CC#CC#CC#CC#CC#CC#CC#CC(=O)OCC(COP(=O)(O)OCCN(C)C)OC(O)CO.[HH].[HH].[HH].[HH].[HH].[HH].[HH].[HH].[HH].[HH].[HH].[HH].[HH].[HH].[HH]. The van der Waals surface area contributed by atoms with E-state index in [9.17, 15) is 19.4 Å². The Labute approximate surface area is 245 Å². The summed E-state index contributed by atoms with van der Waals surface area (Å²) in [6.45, 7) is 0.0661. The van der Waals surface area contributed by atoms with Gasteiger partial charge in [0.2, 0.25) is 0 Å². The summed E-state index contributed by atoms with van der Waals surface area (Å²) < 4.78 is 31.3. The minimum absolute atomic E-state index is 0. The van der Waals surface area contributed by atoms with Crippen LogP contribution in [-0.4, -0.2) is 85.4 Å². The number of phosphoric ester groups is 1. The van der Waals surface area contributed by atoms with Crippen LogP contribution in [0.1, 0.15) is 28.3 Å². The van der Waals surface area contributed by atoms with Crippen molar-refractivity contribution >= 4 is 13.8 Å². The molecule has 0 bridgehead atoms. The molecule has 0 aliphatic rings. The summed E-state index contributed by atoms with van der Waals surface area (Å²) in [5, 5.41) is 18.4. The van der Waals surface area contributed by atoms with Crippen LogP contribution in [0, 0.1) is 94.7 Å². The van der Waals surface area contributed by atoms with Crippen LogP contribution in [-0.2, 0) is 27.9 Å². The van der Waals surface area contributed by atoms with Gasteiger partial charge in [-0.1, -0.05) is 5.92 Å². The third kappa shape index (κ3) is 22.4. The largest absolute Gasteiger partial charge is 0.472 e. The van der Waals surface area contributed by atoms with E-state index in [4.69, 9.17) is 23.6 Å². The highest BCUT2D eigenvalue weighted by Gasteiger charge is 2.25. The highest BCUT2D eigenvalue weighted by atomic mass is 31.2. The summed E-state index contributed by atoms with van der Waals surface area (Å²) in [6, 6.07) is 0. The summed E-state index contributed by atoms with van der Waals surface area (Å²) >= 11 is 0. The lowest BCUT2D eigenvalue weighted by Gasteiger charge is -2.21. The van der Waals surface area contributed by atoms with E-state index in [-0.39, 0.29) is 28.0 Å². The molecule has 3 atom stereocenters. The first-order valence-corrected chi connectivity index (χ1v) is 12.0. The van der Waals surface area contributed by atoms with Crippen molar-refractivity contribution in [2.75, 3.05) is 47.1 Å². The quantitative estimate of drug-likeness (QED) is 0.106. The van der Waals surface area contributed by atoms with E-state index in [2.05, 4.69) is 94.7 Å². The summed E-state index contributed by atoms with van der Waals surface area (Å²) in [5.41, 5.74) is 0. The Hall–Kier alpha value is -4.10. The fourth-order valence-electron chi connectivity index (χ4n) is 1.67. The number of likely N-dealkylation sites (N-methyl/N-ethyl adjacent to an activating group) is 1. The molecule has 0 aromatic heterocycles. The van der Waals surface area contributed by atoms with Crippen LogP contribution in [0.25, 0.3) is 0 Å². The number of carbonyl (C=O) groups excluding carboxylic acids is 1. The molecule has 0 heterocycles.